The molecule has 1 saturated heterocycles. The summed E-state index contributed by atoms with van der Waals surface area (Å²) in [5.74, 6) is 0.761. The first-order valence-electron chi connectivity index (χ1n) is 6.50. The minimum absolute atomic E-state index is 0.143. The Hall–Kier alpha value is -1.00. The molecule has 2 heterocycles. The van der Waals surface area contributed by atoms with Gasteiger partial charge in [-0.2, -0.15) is 0 Å². The van der Waals surface area contributed by atoms with Crippen LogP contribution >= 0.6 is 11.6 Å². The summed E-state index contributed by atoms with van der Waals surface area (Å²) >= 11 is 6.00. The van der Waals surface area contributed by atoms with E-state index in [-0.39, 0.29) is 6.10 Å². The van der Waals surface area contributed by atoms with Gasteiger partial charge in [-0.15, -0.1) is 0 Å². The number of rotatable bonds is 5. The van der Waals surface area contributed by atoms with Gasteiger partial charge in [0.05, 0.1) is 11.9 Å². The Bertz CT molecular complexity index is 394. The molecule has 0 radical (unpaired) electrons. The summed E-state index contributed by atoms with van der Waals surface area (Å²) in [6, 6.07) is 2.34. The van der Waals surface area contributed by atoms with Gasteiger partial charge in [0, 0.05) is 18.7 Å². The maximum atomic E-state index is 6.00. The fourth-order valence-corrected chi connectivity index (χ4v) is 2.39. The summed E-state index contributed by atoms with van der Waals surface area (Å²) in [5, 5.41) is 7.09. The van der Waals surface area contributed by atoms with E-state index in [4.69, 9.17) is 16.3 Å². The zero-order valence-corrected chi connectivity index (χ0v) is 11.6. The third kappa shape index (κ3) is 3.27. The molecule has 1 aliphatic heterocycles. The molecule has 1 aliphatic rings. The highest BCUT2D eigenvalue weighted by Crippen LogP contribution is 2.25. The standard InChI is InChI=1S/C13H20ClN3O/c1-3-15-12-7-10(8-17-13(12)14)18-9(2)11-5-4-6-16-11/h7-9,11,15-16H,3-6H2,1-2H3/t9?,11-/m0/s1. The first kappa shape index (κ1) is 13.4. The van der Waals surface area contributed by atoms with Crippen molar-refractivity contribution in [2.45, 2.75) is 38.8 Å². The molecule has 2 N–H and O–H groups in total. The third-order valence-electron chi connectivity index (χ3n) is 3.17. The van der Waals surface area contributed by atoms with E-state index < -0.39 is 0 Å². The van der Waals surface area contributed by atoms with Gasteiger partial charge in [-0.25, -0.2) is 4.98 Å². The number of pyridine rings is 1. The molecule has 0 spiro atoms. The second kappa shape index (κ2) is 6.25. The molecule has 4 nitrogen and oxygen atoms in total. The Morgan fingerprint density at radius 3 is 3.17 bits per heavy atom. The van der Waals surface area contributed by atoms with Gasteiger partial charge in [0.1, 0.15) is 11.9 Å². The first-order chi connectivity index (χ1) is 8.70. The Kier molecular flexibility index (Phi) is 4.66. The lowest BCUT2D eigenvalue weighted by Gasteiger charge is -2.21. The van der Waals surface area contributed by atoms with Crippen molar-refractivity contribution < 1.29 is 4.74 Å². The van der Waals surface area contributed by atoms with Crippen LogP contribution in [0, 0.1) is 0 Å². The van der Waals surface area contributed by atoms with Crippen LogP contribution in [-0.4, -0.2) is 30.2 Å². The van der Waals surface area contributed by atoms with Crippen LogP contribution in [0.1, 0.15) is 26.7 Å². The van der Waals surface area contributed by atoms with E-state index in [2.05, 4.69) is 22.5 Å². The molecule has 0 aromatic carbocycles. The van der Waals surface area contributed by atoms with Crippen LogP contribution < -0.4 is 15.4 Å². The average molecular weight is 270 g/mol. The van der Waals surface area contributed by atoms with E-state index in [1.54, 1.807) is 6.20 Å². The third-order valence-corrected chi connectivity index (χ3v) is 3.47. The predicted octanol–water partition coefficient (Wildman–Crippen LogP) is 2.69. The van der Waals surface area contributed by atoms with Crippen molar-refractivity contribution >= 4 is 17.3 Å². The lowest BCUT2D eigenvalue weighted by molar-refractivity contribution is 0.179. The van der Waals surface area contributed by atoms with Gasteiger partial charge in [-0.05, 0) is 33.2 Å². The Labute approximate surface area is 113 Å². The number of ether oxygens (including phenoxy) is 1. The van der Waals surface area contributed by atoms with Crippen LogP contribution in [0.25, 0.3) is 0 Å². The van der Waals surface area contributed by atoms with Gasteiger partial charge in [-0.1, -0.05) is 11.6 Å². The molecular formula is C13H20ClN3O. The van der Waals surface area contributed by atoms with Crippen LogP contribution in [0.4, 0.5) is 5.69 Å². The molecule has 0 aliphatic carbocycles. The predicted molar refractivity (Wildman–Crippen MR) is 74.5 cm³/mol. The lowest BCUT2D eigenvalue weighted by atomic mass is 10.1. The number of hydrogen-bond acceptors (Lipinski definition) is 4. The van der Waals surface area contributed by atoms with Gasteiger partial charge in [-0.3, -0.25) is 0 Å². The smallest absolute Gasteiger partial charge is 0.152 e. The normalized spacial score (nSPS) is 20.7. The summed E-state index contributed by atoms with van der Waals surface area (Å²) in [7, 11) is 0. The molecule has 100 valence electrons. The molecule has 0 saturated carbocycles. The van der Waals surface area contributed by atoms with Gasteiger partial charge < -0.3 is 15.4 Å². The Morgan fingerprint density at radius 1 is 1.67 bits per heavy atom. The van der Waals surface area contributed by atoms with Crippen molar-refractivity contribution in [1.29, 1.82) is 0 Å². The van der Waals surface area contributed by atoms with Crippen molar-refractivity contribution in [3.05, 3.63) is 17.4 Å². The molecule has 18 heavy (non-hydrogen) atoms. The molecular weight excluding hydrogens is 250 g/mol. The van der Waals surface area contributed by atoms with Crippen LogP contribution in [0.5, 0.6) is 5.75 Å². The number of aromatic nitrogens is 1. The maximum Gasteiger partial charge on any atom is 0.152 e. The summed E-state index contributed by atoms with van der Waals surface area (Å²) < 4.78 is 5.92. The molecule has 2 rings (SSSR count). The summed E-state index contributed by atoms with van der Waals surface area (Å²) in [6.07, 6.45) is 4.21. The molecule has 5 heteroatoms. The highest BCUT2D eigenvalue weighted by molar-refractivity contribution is 6.32. The summed E-state index contributed by atoms with van der Waals surface area (Å²) in [6.45, 7) is 6.00. The largest absolute Gasteiger partial charge is 0.487 e. The molecule has 0 bridgehead atoms. The van der Waals surface area contributed by atoms with Crippen molar-refractivity contribution in [3.8, 4) is 5.75 Å². The van der Waals surface area contributed by atoms with Gasteiger partial charge in [0.25, 0.3) is 0 Å². The molecule has 1 fully saturated rings. The van der Waals surface area contributed by atoms with Crippen LogP contribution in [-0.2, 0) is 0 Å². The van der Waals surface area contributed by atoms with Crippen LogP contribution in [0.3, 0.4) is 0 Å². The zero-order valence-electron chi connectivity index (χ0n) is 10.9. The topological polar surface area (TPSA) is 46.2 Å². The summed E-state index contributed by atoms with van der Waals surface area (Å²) in [5.41, 5.74) is 0.822. The van der Waals surface area contributed by atoms with Crippen molar-refractivity contribution in [1.82, 2.24) is 10.3 Å². The molecule has 2 atom stereocenters. The fraction of sp³-hybridized carbons (Fsp3) is 0.615. The number of hydrogen-bond donors (Lipinski definition) is 2. The van der Waals surface area contributed by atoms with Crippen molar-refractivity contribution in [2.75, 3.05) is 18.4 Å². The van der Waals surface area contributed by atoms with Crippen molar-refractivity contribution in [3.63, 3.8) is 0 Å². The Morgan fingerprint density at radius 2 is 2.50 bits per heavy atom. The van der Waals surface area contributed by atoms with E-state index in [0.717, 1.165) is 24.5 Å². The minimum Gasteiger partial charge on any atom is -0.487 e. The quantitative estimate of drug-likeness (QED) is 0.807. The number of anilines is 1. The molecule has 1 unspecified atom stereocenters. The zero-order chi connectivity index (χ0) is 13.0. The van der Waals surface area contributed by atoms with Crippen molar-refractivity contribution in [2.24, 2.45) is 0 Å². The van der Waals surface area contributed by atoms with Gasteiger partial charge in [0.15, 0.2) is 5.15 Å². The minimum atomic E-state index is 0.143. The average Bonchev–Trinajstić information content (AvgIpc) is 2.87. The van der Waals surface area contributed by atoms with E-state index in [1.165, 1.54) is 12.8 Å². The maximum absolute atomic E-state index is 6.00. The van der Waals surface area contributed by atoms with E-state index >= 15 is 0 Å². The van der Waals surface area contributed by atoms with E-state index in [9.17, 15) is 0 Å². The second-order valence-electron chi connectivity index (χ2n) is 4.57. The van der Waals surface area contributed by atoms with Gasteiger partial charge >= 0.3 is 0 Å². The Balaban J connectivity index is 2.01. The lowest BCUT2D eigenvalue weighted by Crippen LogP contribution is -2.36. The van der Waals surface area contributed by atoms with Gasteiger partial charge in [0.2, 0.25) is 0 Å². The molecule has 1 aromatic rings. The first-order valence-corrected chi connectivity index (χ1v) is 6.88. The highest BCUT2D eigenvalue weighted by Gasteiger charge is 2.22. The summed E-state index contributed by atoms with van der Waals surface area (Å²) in [4.78, 5) is 4.13. The number of nitrogens with one attached hydrogen (secondary N) is 2. The highest BCUT2D eigenvalue weighted by atomic mass is 35.5. The second-order valence-corrected chi connectivity index (χ2v) is 4.92. The van der Waals surface area contributed by atoms with Crippen LogP contribution in [0.2, 0.25) is 5.15 Å². The van der Waals surface area contributed by atoms with Crippen LogP contribution in [0.15, 0.2) is 12.3 Å². The van der Waals surface area contributed by atoms with E-state index in [0.29, 0.717) is 11.2 Å². The SMILES string of the molecule is CCNc1cc(OC(C)[C@@H]2CCCN2)cnc1Cl. The fourth-order valence-electron chi connectivity index (χ4n) is 2.22. The molecule has 1 aromatic heterocycles. The molecule has 0 amide bonds. The number of nitrogens with zero attached hydrogens (tertiary/aromatic N) is 1. The monoisotopic (exact) mass is 269 g/mol. The van der Waals surface area contributed by atoms with E-state index in [1.807, 2.05) is 13.0 Å². The number of halogens is 1.